The fraction of sp³-hybridized carbons (Fsp3) is 0.429. The average molecular weight is 534 g/mol. The third-order valence-corrected chi connectivity index (χ3v) is 11.1. The molecule has 0 N–H and O–H groups in total. The highest BCUT2D eigenvalue weighted by Crippen LogP contribution is 2.65. The predicted molar refractivity (Wildman–Crippen MR) is 145 cm³/mol. The molecule has 0 spiro atoms. The number of rotatable bonds is 6. The van der Waals surface area contributed by atoms with E-state index in [-0.39, 0.29) is 5.69 Å². The minimum atomic E-state index is -4.51. The lowest BCUT2D eigenvalue weighted by molar-refractivity contribution is -0.137. The number of aryl methyl sites for hydroxylation is 1. The molecule has 37 heavy (non-hydrogen) atoms. The summed E-state index contributed by atoms with van der Waals surface area (Å²) in [6, 6.07) is 17.3. The Morgan fingerprint density at radius 1 is 0.919 bits per heavy atom. The second kappa shape index (κ2) is 10.6. The Bertz CT molecular complexity index is 1270. The molecule has 200 valence electrons. The van der Waals surface area contributed by atoms with Gasteiger partial charge in [-0.05, 0) is 50.2 Å². The number of benzene rings is 2. The van der Waals surface area contributed by atoms with Gasteiger partial charge in [0.25, 0.3) is 0 Å². The molecule has 9 heteroatoms. The highest BCUT2D eigenvalue weighted by Gasteiger charge is 2.45. The molecule has 0 amide bonds. The monoisotopic (exact) mass is 533 g/mol. The highest BCUT2D eigenvalue weighted by atomic mass is 31.2. The van der Waals surface area contributed by atoms with Gasteiger partial charge in [-0.3, -0.25) is 4.67 Å². The topological polar surface area (TPSA) is 41.2 Å². The summed E-state index contributed by atoms with van der Waals surface area (Å²) < 4.78 is 61.4. The Labute approximate surface area is 217 Å². The van der Waals surface area contributed by atoms with Crippen molar-refractivity contribution in [3.63, 3.8) is 0 Å². The molecule has 1 fully saturated rings. The van der Waals surface area contributed by atoms with Crippen LogP contribution in [0.3, 0.4) is 0 Å². The highest BCUT2D eigenvalue weighted by molar-refractivity contribution is 7.72. The molecule has 3 aromatic rings. The molecule has 5 nitrogen and oxygen atoms in total. The van der Waals surface area contributed by atoms with Crippen molar-refractivity contribution in [2.24, 2.45) is 4.74 Å². The lowest BCUT2D eigenvalue weighted by atomic mass is 10.2. The molecule has 4 rings (SSSR count). The van der Waals surface area contributed by atoms with E-state index in [0.29, 0.717) is 44.0 Å². The number of ether oxygens (including phenoxy) is 1. The summed E-state index contributed by atoms with van der Waals surface area (Å²) >= 11 is 0. The van der Waals surface area contributed by atoms with Gasteiger partial charge < -0.3 is 14.1 Å². The van der Waals surface area contributed by atoms with Crippen molar-refractivity contribution in [2.45, 2.75) is 46.0 Å². The Morgan fingerprint density at radius 2 is 1.57 bits per heavy atom. The lowest BCUT2D eigenvalue weighted by Gasteiger charge is -2.47. The van der Waals surface area contributed by atoms with E-state index in [1.807, 2.05) is 50.2 Å². The third-order valence-electron chi connectivity index (χ3n) is 6.60. The molecule has 1 atom stereocenters. The summed E-state index contributed by atoms with van der Waals surface area (Å²) in [5, 5.41) is -0.485. The van der Waals surface area contributed by atoms with Crippen molar-refractivity contribution in [1.82, 2.24) is 4.67 Å². The Kier molecular flexibility index (Phi) is 7.82. The van der Waals surface area contributed by atoms with Crippen molar-refractivity contribution < 1.29 is 22.3 Å². The van der Waals surface area contributed by atoms with Gasteiger partial charge in [-0.2, -0.15) is 13.2 Å². The lowest BCUT2D eigenvalue weighted by Crippen LogP contribution is -2.48. The van der Waals surface area contributed by atoms with Gasteiger partial charge in [0.05, 0.1) is 23.5 Å². The van der Waals surface area contributed by atoms with E-state index >= 15 is 0 Å². The first-order valence-corrected chi connectivity index (χ1v) is 14.2. The molecule has 1 saturated heterocycles. The molecule has 0 saturated carbocycles. The summed E-state index contributed by atoms with van der Waals surface area (Å²) in [6.07, 6.45) is -4.51. The van der Waals surface area contributed by atoms with Crippen LogP contribution in [0.2, 0.25) is 0 Å². The Morgan fingerprint density at radius 3 is 2.16 bits per heavy atom. The largest absolute Gasteiger partial charge is 0.492 e. The summed E-state index contributed by atoms with van der Waals surface area (Å²) in [5.41, 5.74) is 0.905. The van der Waals surface area contributed by atoms with E-state index in [4.69, 9.17) is 13.9 Å². The van der Waals surface area contributed by atoms with Gasteiger partial charge in [0, 0.05) is 31.3 Å². The first kappa shape index (κ1) is 27.3. The van der Waals surface area contributed by atoms with Gasteiger partial charge in [-0.1, -0.05) is 45.0 Å². The number of alkyl halides is 3. The smallest absolute Gasteiger partial charge is 0.418 e. The quantitative estimate of drug-likeness (QED) is 0.305. The van der Waals surface area contributed by atoms with Crippen molar-refractivity contribution in [1.29, 1.82) is 0 Å². The van der Waals surface area contributed by atoms with Crippen LogP contribution in [0.4, 0.5) is 24.5 Å². The molecule has 0 aliphatic carbocycles. The summed E-state index contributed by atoms with van der Waals surface area (Å²) in [5.74, 6) is 1.55. The maximum atomic E-state index is 14.0. The van der Waals surface area contributed by atoms with E-state index in [2.05, 4.69) is 30.3 Å². The number of hydrogen-bond donors (Lipinski definition) is 0. The number of para-hydroxylation sites is 2. The van der Waals surface area contributed by atoms with Crippen LogP contribution in [0.25, 0.3) is 0 Å². The van der Waals surface area contributed by atoms with Crippen LogP contribution in [0.5, 0.6) is 5.75 Å². The molecule has 1 unspecified atom stereocenters. The zero-order valence-corrected chi connectivity index (χ0v) is 22.9. The second-order valence-corrected chi connectivity index (χ2v) is 13.9. The van der Waals surface area contributed by atoms with Gasteiger partial charge in [0.2, 0.25) is 0 Å². The average Bonchev–Trinajstić information content (AvgIpc) is 3.28. The van der Waals surface area contributed by atoms with Crippen molar-refractivity contribution in [3.8, 4) is 5.75 Å². The number of piperazine rings is 1. The van der Waals surface area contributed by atoms with Crippen molar-refractivity contribution in [2.75, 3.05) is 37.7 Å². The summed E-state index contributed by atoms with van der Waals surface area (Å²) in [6.45, 7) is 13.2. The van der Waals surface area contributed by atoms with Crippen LogP contribution in [0.15, 0.2) is 69.8 Å². The van der Waals surface area contributed by atoms with E-state index in [0.717, 1.165) is 17.5 Å². The van der Waals surface area contributed by atoms with E-state index in [9.17, 15) is 13.2 Å². The molecule has 1 aromatic heterocycles. The number of furan rings is 1. The van der Waals surface area contributed by atoms with Crippen LogP contribution in [-0.2, 0) is 6.18 Å². The Hall–Kier alpha value is -2.70. The van der Waals surface area contributed by atoms with E-state index in [1.54, 1.807) is 6.07 Å². The van der Waals surface area contributed by atoms with Gasteiger partial charge in [-0.15, -0.1) is 0 Å². The SMILES string of the molecule is CCOc1ccccc1N1CCN(P(=Nc2ccccc2C(F)(F)F)(c2ccc(C)o2)C(C)(C)C)CC1. The molecule has 0 radical (unpaired) electrons. The molecule has 1 aliphatic heterocycles. The maximum Gasteiger partial charge on any atom is 0.418 e. The molecular weight excluding hydrogens is 498 g/mol. The van der Waals surface area contributed by atoms with Crippen LogP contribution in [0.1, 0.15) is 39.0 Å². The fourth-order valence-electron chi connectivity index (χ4n) is 4.92. The molecule has 1 aliphatic rings. The third kappa shape index (κ3) is 5.46. The van der Waals surface area contributed by atoms with Gasteiger partial charge >= 0.3 is 6.18 Å². The van der Waals surface area contributed by atoms with E-state index < -0.39 is 24.1 Å². The molecule has 2 heterocycles. The zero-order valence-electron chi connectivity index (χ0n) is 22.0. The van der Waals surface area contributed by atoms with Crippen molar-refractivity contribution >= 4 is 24.1 Å². The number of halogens is 3. The molecular formula is C28H35F3N3O2P. The van der Waals surface area contributed by atoms with Crippen molar-refractivity contribution in [3.05, 3.63) is 72.0 Å². The van der Waals surface area contributed by atoms with Crippen LogP contribution >= 0.6 is 7.21 Å². The summed E-state index contributed by atoms with van der Waals surface area (Å²) in [7, 11) is -2.81. The zero-order chi connectivity index (χ0) is 26.8. The fourth-order valence-corrected chi connectivity index (χ4v) is 9.04. The maximum absolute atomic E-state index is 14.0. The van der Waals surface area contributed by atoms with Crippen LogP contribution in [0, 0.1) is 6.92 Å². The van der Waals surface area contributed by atoms with Crippen LogP contribution in [-0.4, -0.2) is 42.6 Å². The molecule has 0 bridgehead atoms. The first-order valence-electron chi connectivity index (χ1n) is 12.5. The number of hydrogen-bond acceptors (Lipinski definition) is 4. The first-order chi connectivity index (χ1) is 17.5. The number of anilines is 1. The second-order valence-electron chi connectivity index (χ2n) is 10.1. The predicted octanol–water partition coefficient (Wildman–Crippen LogP) is 7.70. The van der Waals surface area contributed by atoms with Gasteiger partial charge in [-0.25, -0.2) is 4.74 Å². The Balaban J connectivity index is 1.82. The number of nitrogens with zero attached hydrogens (tertiary/aromatic N) is 3. The van der Waals surface area contributed by atoms with E-state index in [1.165, 1.54) is 12.1 Å². The normalized spacial score (nSPS) is 16.9. The minimum Gasteiger partial charge on any atom is -0.492 e. The minimum absolute atomic E-state index is 0.0450. The van der Waals surface area contributed by atoms with Gasteiger partial charge in [0.1, 0.15) is 18.7 Å². The summed E-state index contributed by atoms with van der Waals surface area (Å²) in [4.78, 5) is 2.27. The van der Waals surface area contributed by atoms with Crippen LogP contribution < -0.4 is 15.1 Å². The standard InChI is InChI=1S/C28H35F3N3O2P/c1-6-35-25-14-10-9-13-24(25)33-17-19-34(20-18-33)37(27(3,4)5,26-16-15-21(2)36-26)32-23-12-8-7-11-22(23)28(29,30)31/h7-16H,6,17-20H2,1-5H3. The molecule has 2 aromatic carbocycles. The van der Waals surface area contributed by atoms with Gasteiger partial charge in [0.15, 0.2) is 5.50 Å².